The van der Waals surface area contributed by atoms with Gasteiger partial charge >= 0.3 is 0 Å². The summed E-state index contributed by atoms with van der Waals surface area (Å²) in [6.07, 6.45) is 9.06. The summed E-state index contributed by atoms with van der Waals surface area (Å²) < 4.78 is 1.93. The molecular weight excluding hydrogens is 408 g/mol. The van der Waals surface area contributed by atoms with Crippen LogP contribution in [0, 0.1) is 0 Å². The van der Waals surface area contributed by atoms with Crippen molar-refractivity contribution in [1.29, 1.82) is 0 Å². The van der Waals surface area contributed by atoms with Crippen LogP contribution >= 0.6 is 0 Å². The van der Waals surface area contributed by atoms with Crippen molar-refractivity contribution >= 4 is 12.0 Å². The smallest absolute Gasteiger partial charge is 0.247 e. The predicted octanol–water partition coefficient (Wildman–Crippen LogP) is 5.44. The SMILES string of the molecule is CC(C)N(Cc1cccnc1)C(=O)/C=C/c1cn(Cc2ccccc2)nc1-c1ccccc1. The minimum absolute atomic E-state index is 0.0383. The second kappa shape index (κ2) is 10.6. The third-order valence-electron chi connectivity index (χ3n) is 5.41. The summed E-state index contributed by atoms with van der Waals surface area (Å²) in [4.78, 5) is 19.1. The molecule has 4 rings (SSSR count). The summed E-state index contributed by atoms with van der Waals surface area (Å²) in [6.45, 7) is 5.24. The highest BCUT2D eigenvalue weighted by atomic mass is 16.2. The molecule has 2 aromatic carbocycles. The van der Waals surface area contributed by atoms with Crippen molar-refractivity contribution in [2.45, 2.75) is 33.0 Å². The van der Waals surface area contributed by atoms with Gasteiger partial charge in [0, 0.05) is 48.4 Å². The topological polar surface area (TPSA) is 51.0 Å². The van der Waals surface area contributed by atoms with E-state index >= 15 is 0 Å². The number of amides is 1. The first-order chi connectivity index (χ1) is 16.1. The van der Waals surface area contributed by atoms with Crippen LogP contribution in [0.3, 0.4) is 0 Å². The van der Waals surface area contributed by atoms with E-state index in [1.807, 2.05) is 96.4 Å². The van der Waals surface area contributed by atoms with Crippen molar-refractivity contribution in [2.75, 3.05) is 0 Å². The number of pyridine rings is 1. The third-order valence-corrected chi connectivity index (χ3v) is 5.41. The molecule has 33 heavy (non-hydrogen) atoms. The van der Waals surface area contributed by atoms with Crippen molar-refractivity contribution in [2.24, 2.45) is 0 Å². The van der Waals surface area contributed by atoms with Gasteiger partial charge in [-0.25, -0.2) is 0 Å². The van der Waals surface area contributed by atoms with Gasteiger partial charge in [0.15, 0.2) is 0 Å². The molecule has 0 saturated heterocycles. The van der Waals surface area contributed by atoms with Crippen LogP contribution in [0.25, 0.3) is 17.3 Å². The number of nitrogens with zero attached hydrogens (tertiary/aromatic N) is 4. The highest BCUT2D eigenvalue weighted by molar-refractivity contribution is 5.93. The molecule has 2 aromatic heterocycles. The summed E-state index contributed by atoms with van der Waals surface area (Å²) in [5.41, 5.74) is 4.98. The molecule has 0 fully saturated rings. The van der Waals surface area contributed by atoms with E-state index < -0.39 is 0 Å². The number of benzene rings is 2. The van der Waals surface area contributed by atoms with Crippen molar-refractivity contribution in [3.8, 4) is 11.3 Å². The molecule has 0 spiro atoms. The van der Waals surface area contributed by atoms with Gasteiger partial charge in [0.05, 0.1) is 12.2 Å². The summed E-state index contributed by atoms with van der Waals surface area (Å²) in [5.74, 6) is -0.0383. The second-order valence-corrected chi connectivity index (χ2v) is 8.24. The van der Waals surface area contributed by atoms with E-state index in [0.29, 0.717) is 13.1 Å². The Balaban J connectivity index is 1.60. The largest absolute Gasteiger partial charge is 0.332 e. The quantitative estimate of drug-likeness (QED) is 0.346. The van der Waals surface area contributed by atoms with Gasteiger partial charge in [-0.05, 0) is 37.1 Å². The molecule has 0 aliphatic heterocycles. The standard InChI is InChI=1S/C28H28N4O/c1-22(2)32(20-24-12-9-17-29-18-24)27(33)16-15-26-21-31(19-23-10-5-3-6-11-23)30-28(26)25-13-7-4-8-14-25/h3-18,21-22H,19-20H2,1-2H3/b16-15+. The summed E-state index contributed by atoms with van der Waals surface area (Å²) in [5, 5.41) is 4.83. The molecule has 4 aromatic rings. The van der Waals surface area contributed by atoms with Crippen LogP contribution in [-0.4, -0.2) is 31.6 Å². The number of hydrogen-bond acceptors (Lipinski definition) is 3. The van der Waals surface area contributed by atoms with Gasteiger partial charge in [-0.3, -0.25) is 14.5 Å². The van der Waals surface area contributed by atoms with Crippen LogP contribution in [0.2, 0.25) is 0 Å². The molecule has 0 unspecified atom stereocenters. The Labute approximate surface area is 195 Å². The van der Waals surface area contributed by atoms with Crippen LogP contribution < -0.4 is 0 Å². The number of aromatic nitrogens is 3. The van der Waals surface area contributed by atoms with Crippen LogP contribution in [0.4, 0.5) is 0 Å². The Morgan fingerprint density at radius 1 is 0.970 bits per heavy atom. The maximum absolute atomic E-state index is 13.1. The van der Waals surface area contributed by atoms with Crippen molar-refractivity contribution in [3.05, 3.63) is 114 Å². The highest BCUT2D eigenvalue weighted by Gasteiger charge is 2.16. The Kier molecular flexibility index (Phi) is 7.10. The Morgan fingerprint density at radius 3 is 2.33 bits per heavy atom. The Hall–Kier alpha value is -3.99. The lowest BCUT2D eigenvalue weighted by atomic mass is 10.1. The van der Waals surface area contributed by atoms with Gasteiger partial charge in [-0.15, -0.1) is 0 Å². The van der Waals surface area contributed by atoms with Crippen molar-refractivity contribution in [1.82, 2.24) is 19.7 Å². The molecule has 0 aliphatic rings. The Bertz CT molecular complexity index is 1200. The molecule has 0 radical (unpaired) electrons. The molecule has 2 heterocycles. The maximum Gasteiger partial charge on any atom is 0.247 e. The van der Waals surface area contributed by atoms with Gasteiger partial charge < -0.3 is 4.90 Å². The molecule has 1 amide bonds. The fourth-order valence-corrected chi connectivity index (χ4v) is 3.69. The lowest BCUT2D eigenvalue weighted by molar-refractivity contribution is -0.128. The van der Waals surface area contributed by atoms with Gasteiger partial charge in [0.1, 0.15) is 0 Å². The molecule has 0 N–H and O–H groups in total. The van der Waals surface area contributed by atoms with Gasteiger partial charge in [-0.2, -0.15) is 5.10 Å². The predicted molar refractivity (Wildman–Crippen MR) is 132 cm³/mol. The van der Waals surface area contributed by atoms with E-state index in [-0.39, 0.29) is 11.9 Å². The number of carbonyl (C=O) groups excluding carboxylic acids is 1. The first-order valence-corrected chi connectivity index (χ1v) is 11.1. The number of rotatable bonds is 8. The van der Waals surface area contributed by atoms with Gasteiger partial charge in [0.25, 0.3) is 0 Å². The molecule has 166 valence electrons. The first kappa shape index (κ1) is 22.2. The molecule has 5 nitrogen and oxygen atoms in total. The van der Waals surface area contributed by atoms with E-state index in [9.17, 15) is 4.79 Å². The zero-order valence-corrected chi connectivity index (χ0v) is 19.0. The summed E-state index contributed by atoms with van der Waals surface area (Å²) >= 11 is 0. The van der Waals surface area contributed by atoms with Crippen LogP contribution in [0.5, 0.6) is 0 Å². The van der Waals surface area contributed by atoms with Crippen LogP contribution in [-0.2, 0) is 17.9 Å². The van der Waals surface area contributed by atoms with Crippen LogP contribution in [0.1, 0.15) is 30.5 Å². The summed E-state index contributed by atoms with van der Waals surface area (Å²) in [7, 11) is 0. The molecule has 0 aliphatic carbocycles. The first-order valence-electron chi connectivity index (χ1n) is 11.1. The van der Waals surface area contributed by atoms with E-state index in [1.165, 1.54) is 5.56 Å². The molecule has 0 bridgehead atoms. The molecular formula is C28H28N4O. The van der Waals surface area contributed by atoms with Gasteiger partial charge in [-0.1, -0.05) is 66.7 Å². The fourth-order valence-electron chi connectivity index (χ4n) is 3.69. The second-order valence-electron chi connectivity index (χ2n) is 8.24. The lowest BCUT2D eigenvalue weighted by Crippen LogP contribution is -2.35. The van der Waals surface area contributed by atoms with Crippen molar-refractivity contribution in [3.63, 3.8) is 0 Å². The summed E-state index contributed by atoms with van der Waals surface area (Å²) in [6, 6.07) is 24.2. The van der Waals surface area contributed by atoms with Gasteiger partial charge in [0.2, 0.25) is 5.91 Å². The molecule has 5 heteroatoms. The van der Waals surface area contributed by atoms with E-state index in [0.717, 1.165) is 22.4 Å². The third kappa shape index (κ3) is 5.83. The lowest BCUT2D eigenvalue weighted by Gasteiger charge is -2.25. The number of hydrogen-bond donors (Lipinski definition) is 0. The monoisotopic (exact) mass is 436 g/mol. The van der Waals surface area contributed by atoms with Crippen LogP contribution in [0.15, 0.2) is 97.5 Å². The zero-order chi connectivity index (χ0) is 23.0. The number of carbonyl (C=O) groups is 1. The maximum atomic E-state index is 13.1. The van der Waals surface area contributed by atoms with Crippen molar-refractivity contribution < 1.29 is 4.79 Å². The normalized spacial score (nSPS) is 11.2. The zero-order valence-electron chi connectivity index (χ0n) is 19.0. The average Bonchev–Trinajstić information content (AvgIpc) is 3.25. The Morgan fingerprint density at radius 2 is 1.67 bits per heavy atom. The van der Waals surface area contributed by atoms with E-state index in [4.69, 9.17) is 5.10 Å². The van der Waals surface area contributed by atoms with E-state index in [1.54, 1.807) is 18.5 Å². The molecule has 0 saturated carbocycles. The highest BCUT2D eigenvalue weighted by Crippen LogP contribution is 2.24. The minimum Gasteiger partial charge on any atom is -0.332 e. The fraction of sp³-hybridized carbons (Fsp3) is 0.179. The average molecular weight is 437 g/mol. The van der Waals surface area contributed by atoms with E-state index in [2.05, 4.69) is 17.1 Å². The molecule has 0 atom stereocenters. The minimum atomic E-state index is -0.0383.